The molecule has 0 aromatic heterocycles. The molecule has 2 aliphatic heterocycles. The highest BCUT2D eigenvalue weighted by Gasteiger charge is 2.25. The number of nitrogens with zero attached hydrogens (tertiary/aromatic N) is 3. The Bertz CT molecular complexity index is 1030. The van der Waals surface area contributed by atoms with Crippen molar-refractivity contribution in [3.05, 3.63) is 0 Å². The topological polar surface area (TPSA) is 173 Å². The molecule has 14 heteroatoms. The summed E-state index contributed by atoms with van der Waals surface area (Å²) >= 11 is 0. The largest absolute Gasteiger partial charge is 0.465 e. The third-order valence-electron chi connectivity index (χ3n) is 9.59. The number of nitrogens with two attached hydrogens (primary N) is 1. The number of aliphatic hydroxyl groups excluding tert-OH is 1. The van der Waals surface area contributed by atoms with Crippen LogP contribution in [-0.2, 0) is 38.1 Å². The van der Waals surface area contributed by atoms with Crippen LogP contribution in [0, 0.1) is 10.8 Å². The van der Waals surface area contributed by atoms with Crippen molar-refractivity contribution < 1.29 is 43.2 Å². The molecule has 0 spiro atoms. The number of carbonyl (C=O) groups excluding carboxylic acids is 4. The zero-order valence-electron chi connectivity index (χ0n) is 35.3. The van der Waals surface area contributed by atoms with Crippen molar-refractivity contribution in [3.8, 4) is 0 Å². The Morgan fingerprint density at radius 3 is 1.53 bits per heavy atom. The quantitative estimate of drug-likeness (QED) is 0.0546. The highest BCUT2D eigenvalue weighted by molar-refractivity contribution is 5.71. The summed E-state index contributed by atoms with van der Waals surface area (Å²) in [5, 5.41) is 12.4. The van der Waals surface area contributed by atoms with E-state index in [0.29, 0.717) is 45.4 Å². The van der Waals surface area contributed by atoms with Crippen molar-refractivity contribution in [1.82, 2.24) is 20.0 Å². The standard InChI is InChI=1S/C34H63N3O9.C7H16N2/c1-6-29(39)43-25-33(2,3)27-45-31(41)14-22-37(18-8-7-11-24-38)23-15-32(42)46-28-34(4,5)26-44-30(40)13-17-35-16-12-21-36-19-9-10-20-36;8-4-3-7-9-5-1-2-6-9/h35,38H,6-28H2,1-5H3;1-8H2. The molecule has 0 aromatic rings. The summed E-state index contributed by atoms with van der Waals surface area (Å²) in [4.78, 5) is 55.6. The lowest BCUT2D eigenvalue weighted by Crippen LogP contribution is -2.33. The van der Waals surface area contributed by atoms with E-state index in [4.69, 9.17) is 29.8 Å². The van der Waals surface area contributed by atoms with Gasteiger partial charge in [-0.2, -0.15) is 0 Å². The maximum Gasteiger partial charge on any atom is 0.307 e. The average molecular weight is 786 g/mol. The molecule has 2 fully saturated rings. The van der Waals surface area contributed by atoms with Crippen LogP contribution in [0.3, 0.4) is 0 Å². The first-order valence-electron chi connectivity index (χ1n) is 21.1. The van der Waals surface area contributed by atoms with Crippen LogP contribution in [0.2, 0.25) is 0 Å². The van der Waals surface area contributed by atoms with Gasteiger partial charge in [0.05, 0.1) is 45.7 Å². The number of hydrogen-bond acceptors (Lipinski definition) is 14. The molecule has 0 bridgehead atoms. The minimum Gasteiger partial charge on any atom is -0.465 e. The molecule has 2 saturated heterocycles. The Kier molecular flexibility index (Phi) is 28.3. The molecular weight excluding hydrogens is 706 g/mol. The fourth-order valence-electron chi connectivity index (χ4n) is 6.03. The lowest BCUT2D eigenvalue weighted by atomic mass is 9.96. The summed E-state index contributed by atoms with van der Waals surface area (Å²) in [7, 11) is 0. The van der Waals surface area contributed by atoms with Crippen LogP contribution in [-0.4, -0.2) is 155 Å². The summed E-state index contributed by atoms with van der Waals surface area (Å²) in [5.74, 6) is -1.28. The van der Waals surface area contributed by atoms with Crippen LogP contribution >= 0.6 is 0 Å². The predicted molar refractivity (Wildman–Crippen MR) is 215 cm³/mol. The van der Waals surface area contributed by atoms with Gasteiger partial charge in [0.1, 0.15) is 0 Å². The highest BCUT2D eigenvalue weighted by Crippen LogP contribution is 2.18. The lowest BCUT2D eigenvalue weighted by molar-refractivity contribution is -0.153. The third kappa shape index (κ3) is 28.7. The first-order valence-corrected chi connectivity index (χ1v) is 21.1. The van der Waals surface area contributed by atoms with Gasteiger partial charge in [0.25, 0.3) is 0 Å². The van der Waals surface area contributed by atoms with E-state index in [9.17, 15) is 19.2 Å². The number of unbranched alkanes of at least 4 members (excludes halogenated alkanes) is 2. The molecule has 322 valence electrons. The number of nitrogens with one attached hydrogen (secondary N) is 1. The molecule has 0 amide bonds. The molecule has 0 unspecified atom stereocenters. The second kappa shape index (κ2) is 30.7. The second-order valence-corrected chi connectivity index (χ2v) is 16.5. The monoisotopic (exact) mass is 786 g/mol. The molecule has 2 heterocycles. The van der Waals surface area contributed by atoms with Crippen LogP contribution < -0.4 is 11.1 Å². The Morgan fingerprint density at radius 1 is 0.618 bits per heavy atom. The van der Waals surface area contributed by atoms with E-state index in [1.807, 2.05) is 32.6 Å². The Morgan fingerprint density at radius 2 is 1.07 bits per heavy atom. The number of esters is 4. The van der Waals surface area contributed by atoms with E-state index in [1.165, 1.54) is 64.8 Å². The molecule has 2 rings (SSSR count). The fourth-order valence-corrected chi connectivity index (χ4v) is 6.03. The van der Waals surface area contributed by atoms with E-state index in [-0.39, 0.29) is 69.8 Å². The van der Waals surface area contributed by atoms with Gasteiger partial charge in [-0.25, -0.2) is 0 Å². The van der Waals surface area contributed by atoms with Gasteiger partial charge in [-0.3, -0.25) is 19.2 Å². The molecule has 0 atom stereocenters. The molecular formula is C41H79N5O9. The van der Waals surface area contributed by atoms with Crippen molar-refractivity contribution in [2.24, 2.45) is 16.6 Å². The van der Waals surface area contributed by atoms with Crippen molar-refractivity contribution in [3.63, 3.8) is 0 Å². The number of likely N-dealkylation sites (tertiary alicyclic amines) is 2. The number of rotatable bonds is 30. The van der Waals surface area contributed by atoms with Crippen molar-refractivity contribution in [2.45, 2.75) is 118 Å². The van der Waals surface area contributed by atoms with Gasteiger partial charge in [-0.05, 0) is 117 Å². The van der Waals surface area contributed by atoms with E-state index < -0.39 is 10.8 Å². The van der Waals surface area contributed by atoms with Crippen molar-refractivity contribution in [1.29, 1.82) is 0 Å². The average Bonchev–Trinajstić information content (AvgIpc) is 3.90. The molecule has 0 aromatic carbocycles. The number of aliphatic hydroxyl groups is 1. The van der Waals surface area contributed by atoms with Crippen LogP contribution in [0.4, 0.5) is 0 Å². The number of hydrogen-bond donors (Lipinski definition) is 3. The third-order valence-corrected chi connectivity index (χ3v) is 9.59. The number of carbonyl (C=O) groups is 4. The number of ether oxygens (including phenoxy) is 4. The van der Waals surface area contributed by atoms with Gasteiger partial charge in [-0.15, -0.1) is 0 Å². The van der Waals surface area contributed by atoms with E-state index in [2.05, 4.69) is 15.1 Å². The van der Waals surface area contributed by atoms with Crippen LogP contribution in [0.5, 0.6) is 0 Å². The van der Waals surface area contributed by atoms with E-state index in [0.717, 1.165) is 38.9 Å². The zero-order chi connectivity index (χ0) is 40.8. The molecule has 4 N–H and O–H groups in total. The summed E-state index contributed by atoms with van der Waals surface area (Å²) in [6, 6.07) is 0. The summed E-state index contributed by atoms with van der Waals surface area (Å²) in [6.07, 6.45) is 10.9. The van der Waals surface area contributed by atoms with Crippen LogP contribution in [0.15, 0.2) is 0 Å². The van der Waals surface area contributed by atoms with E-state index >= 15 is 0 Å². The molecule has 0 aliphatic carbocycles. The summed E-state index contributed by atoms with van der Waals surface area (Å²) in [5.41, 5.74) is 4.36. The maximum atomic E-state index is 12.6. The minimum atomic E-state index is -0.523. The smallest absolute Gasteiger partial charge is 0.307 e. The van der Waals surface area contributed by atoms with Crippen LogP contribution in [0.1, 0.15) is 118 Å². The fraction of sp³-hybridized carbons (Fsp3) is 0.902. The Hall–Kier alpha value is -2.36. The Balaban J connectivity index is 0.00000146. The van der Waals surface area contributed by atoms with Crippen molar-refractivity contribution in [2.75, 3.05) is 112 Å². The van der Waals surface area contributed by atoms with Gasteiger partial charge in [0.2, 0.25) is 0 Å². The zero-order valence-corrected chi connectivity index (χ0v) is 35.3. The molecule has 0 saturated carbocycles. The summed E-state index contributed by atoms with van der Waals surface area (Å²) in [6.45, 7) is 21.1. The molecule has 14 nitrogen and oxygen atoms in total. The molecule has 2 aliphatic rings. The molecule has 0 radical (unpaired) electrons. The highest BCUT2D eigenvalue weighted by atomic mass is 16.6. The van der Waals surface area contributed by atoms with Gasteiger partial charge in [0, 0.05) is 43.5 Å². The minimum absolute atomic E-state index is 0.125. The van der Waals surface area contributed by atoms with Crippen molar-refractivity contribution >= 4 is 23.9 Å². The van der Waals surface area contributed by atoms with Gasteiger partial charge in [0.15, 0.2) is 0 Å². The molecule has 55 heavy (non-hydrogen) atoms. The first kappa shape index (κ1) is 50.7. The Labute approximate surface area is 332 Å². The maximum absolute atomic E-state index is 12.6. The van der Waals surface area contributed by atoms with Gasteiger partial charge in [-0.1, -0.05) is 34.6 Å². The van der Waals surface area contributed by atoms with Gasteiger partial charge >= 0.3 is 23.9 Å². The normalized spacial score (nSPS) is 15.1. The van der Waals surface area contributed by atoms with E-state index in [1.54, 1.807) is 6.92 Å². The SMILES string of the molecule is CCC(=O)OCC(C)(C)COC(=O)CCN(CCCCCO)CCC(=O)OCC(C)(C)COC(=O)CCNCCCN1CCCC1.NCCCN1CCCC1. The van der Waals surface area contributed by atoms with Crippen LogP contribution in [0.25, 0.3) is 0 Å². The predicted octanol–water partition coefficient (Wildman–Crippen LogP) is 3.76. The lowest BCUT2D eigenvalue weighted by Gasteiger charge is -2.25. The van der Waals surface area contributed by atoms with Gasteiger partial charge < -0.3 is 49.8 Å². The summed E-state index contributed by atoms with van der Waals surface area (Å²) < 4.78 is 21.6. The first-order chi connectivity index (χ1) is 26.3. The second-order valence-electron chi connectivity index (χ2n) is 16.5.